The molecule has 1 aliphatic rings. The summed E-state index contributed by atoms with van der Waals surface area (Å²) in [5.74, 6) is 0.0455. The lowest BCUT2D eigenvalue weighted by Crippen LogP contribution is -2.43. The summed E-state index contributed by atoms with van der Waals surface area (Å²) in [4.78, 5) is 23.8. The molecule has 3 rings (SSSR count). The molecule has 1 saturated heterocycles. The number of likely N-dealkylation sites (N-methyl/N-ethyl adjacent to an activating group) is 1. The Hall–Kier alpha value is -2.28. The molecule has 0 spiro atoms. The maximum absolute atomic E-state index is 12.5. The predicted octanol–water partition coefficient (Wildman–Crippen LogP) is 3.30. The van der Waals surface area contributed by atoms with Crippen molar-refractivity contribution in [2.24, 2.45) is 0 Å². The molecule has 0 N–H and O–H groups in total. The predicted molar refractivity (Wildman–Crippen MR) is 121 cm³/mol. The van der Waals surface area contributed by atoms with E-state index < -0.39 is 0 Å². The van der Waals surface area contributed by atoms with Gasteiger partial charge in [0, 0.05) is 56.8 Å². The van der Waals surface area contributed by atoms with Crippen molar-refractivity contribution in [3.05, 3.63) is 66.2 Å². The van der Waals surface area contributed by atoms with Crippen molar-refractivity contribution in [2.45, 2.75) is 13.0 Å². The Morgan fingerprint density at radius 3 is 2.41 bits per heavy atom. The van der Waals surface area contributed by atoms with Crippen LogP contribution in [0.25, 0.3) is 10.6 Å². The van der Waals surface area contributed by atoms with Crippen LogP contribution in [-0.2, 0) is 17.8 Å². The highest BCUT2D eigenvalue weighted by Crippen LogP contribution is 2.25. The Kier molecular flexibility index (Phi) is 7.75. The number of benzene rings is 1. The van der Waals surface area contributed by atoms with Gasteiger partial charge in [0.15, 0.2) is 0 Å². The van der Waals surface area contributed by atoms with E-state index in [0.29, 0.717) is 19.5 Å². The van der Waals surface area contributed by atoms with Crippen LogP contribution in [0.3, 0.4) is 0 Å². The van der Waals surface area contributed by atoms with Gasteiger partial charge in [-0.2, -0.15) is 0 Å². The van der Waals surface area contributed by atoms with Gasteiger partial charge in [-0.25, -0.2) is 4.98 Å². The maximum Gasteiger partial charge on any atom is 0.229 e. The molecule has 2 aromatic rings. The molecule has 1 amide bonds. The van der Waals surface area contributed by atoms with Crippen LogP contribution in [-0.4, -0.2) is 71.9 Å². The number of nitrogens with zero attached hydrogens (tertiary/aromatic N) is 4. The second kappa shape index (κ2) is 10.5. The Labute approximate surface area is 178 Å². The molecule has 29 heavy (non-hydrogen) atoms. The van der Waals surface area contributed by atoms with E-state index in [1.807, 2.05) is 5.38 Å². The van der Waals surface area contributed by atoms with E-state index in [9.17, 15) is 4.79 Å². The summed E-state index contributed by atoms with van der Waals surface area (Å²) < 4.78 is 0. The molecule has 2 heterocycles. The lowest BCUT2D eigenvalue weighted by molar-refractivity contribution is -0.129. The largest absolute Gasteiger partial charge is 0.335 e. The van der Waals surface area contributed by atoms with Crippen LogP contribution in [0.2, 0.25) is 0 Å². The van der Waals surface area contributed by atoms with E-state index in [0.717, 1.165) is 49.0 Å². The third-order valence-corrected chi connectivity index (χ3v) is 6.08. The fourth-order valence-corrected chi connectivity index (χ4v) is 4.22. The molecule has 0 saturated carbocycles. The van der Waals surface area contributed by atoms with Gasteiger partial charge >= 0.3 is 0 Å². The van der Waals surface area contributed by atoms with Gasteiger partial charge in [-0.05, 0) is 12.6 Å². The maximum atomic E-state index is 12.5. The van der Waals surface area contributed by atoms with Crippen LogP contribution in [0.15, 0.2) is 55.0 Å². The lowest BCUT2D eigenvalue weighted by atomic mass is 10.1. The molecule has 1 aromatic carbocycles. The van der Waals surface area contributed by atoms with Crippen LogP contribution in [0.5, 0.6) is 0 Å². The molecule has 0 bridgehead atoms. The average Bonchev–Trinajstić information content (AvgIpc) is 3.18. The van der Waals surface area contributed by atoms with E-state index in [-0.39, 0.29) is 5.91 Å². The van der Waals surface area contributed by atoms with Gasteiger partial charge in [0.2, 0.25) is 5.91 Å². The molecule has 0 unspecified atom stereocenters. The molecule has 6 heteroatoms. The lowest BCUT2D eigenvalue weighted by Gasteiger charge is -2.32. The Balaban J connectivity index is 1.59. The first-order valence-corrected chi connectivity index (χ1v) is 10.9. The standard InChI is InChI=1S/C23H30N4OS/c1-4-10-27(11-5-2)22(28)16-21-18-29-23(24-21)20-8-6-19(7-9-20)17-26-14-12-25(3)13-15-26/h4-9,18H,1-2,10-17H2,3H3. The van der Waals surface area contributed by atoms with E-state index >= 15 is 0 Å². The summed E-state index contributed by atoms with van der Waals surface area (Å²) in [7, 11) is 2.18. The van der Waals surface area contributed by atoms with Crippen molar-refractivity contribution >= 4 is 17.2 Å². The second-order valence-electron chi connectivity index (χ2n) is 7.47. The summed E-state index contributed by atoms with van der Waals surface area (Å²) in [5.41, 5.74) is 3.24. The zero-order chi connectivity index (χ0) is 20.6. The first-order chi connectivity index (χ1) is 14.1. The Morgan fingerprint density at radius 1 is 1.14 bits per heavy atom. The number of piperazine rings is 1. The number of thiazole rings is 1. The molecule has 1 fully saturated rings. The molecule has 1 aromatic heterocycles. The minimum absolute atomic E-state index is 0.0455. The zero-order valence-corrected chi connectivity index (χ0v) is 18.0. The third-order valence-electron chi connectivity index (χ3n) is 5.14. The molecule has 1 aliphatic heterocycles. The van der Waals surface area contributed by atoms with E-state index in [4.69, 9.17) is 0 Å². The highest BCUT2D eigenvalue weighted by Gasteiger charge is 2.15. The van der Waals surface area contributed by atoms with Crippen LogP contribution in [0.4, 0.5) is 0 Å². The van der Waals surface area contributed by atoms with Gasteiger partial charge < -0.3 is 9.80 Å². The molecule has 0 atom stereocenters. The van der Waals surface area contributed by atoms with Gasteiger partial charge in [-0.3, -0.25) is 9.69 Å². The summed E-state index contributed by atoms with van der Waals surface area (Å²) in [5, 5.41) is 2.93. The van der Waals surface area contributed by atoms with Gasteiger partial charge in [0.1, 0.15) is 5.01 Å². The smallest absolute Gasteiger partial charge is 0.229 e. The number of hydrogen-bond donors (Lipinski definition) is 0. The fourth-order valence-electron chi connectivity index (χ4n) is 3.39. The highest BCUT2D eigenvalue weighted by atomic mass is 32.1. The molecule has 154 valence electrons. The van der Waals surface area contributed by atoms with Crippen LogP contribution >= 0.6 is 11.3 Å². The summed E-state index contributed by atoms with van der Waals surface area (Å²) in [6, 6.07) is 8.65. The Bertz CT molecular complexity index is 812. The number of aromatic nitrogens is 1. The van der Waals surface area contributed by atoms with Gasteiger partial charge in [-0.1, -0.05) is 36.4 Å². The van der Waals surface area contributed by atoms with Crippen molar-refractivity contribution < 1.29 is 4.79 Å². The summed E-state index contributed by atoms with van der Waals surface area (Å²) in [6.45, 7) is 14.0. The topological polar surface area (TPSA) is 39.7 Å². The molecular weight excluding hydrogens is 380 g/mol. The summed E-state index contributed by atoms with van der Waals surface area (Å²) >= 11 is 1.59. The molecule has 5 nitrogen and oxygen atoms in total. The number of rotatable bonds is 9. The minimum Gasteiger partial charge on any atom is -0.335 e. The van der Waals surface area contributed by atoms with Crippen molar-refractivity contribution in [1.29, 1.82) is 0 Å². The second-order valence-corrected chi connectivity index (χ2v) is 8.33. The number of amides is 1. The SMILES string of the molecule is C=CCN(CC=C)C(=O)Cc1csc(-c2ccc(CN3CCN(C)CC3)cc2)n1. The summed E-state index contributed by atoms with van der Waals surface area (Å²) in [6.07, 6.45) is 3.77. The minimum atomic E-state index is 0.0455. The highest BCUT2D eigenvalue weighted by molar-refractivity contribution is 7.13. The third kappa shape index (κ3) is 6.10. The van der Waals surface area contributed by atoms with E-state index in [2.05, 4.69) is 59.3 Å². The monoisotopic (exact) mass is 410 g/mol. The Morgan fingerprint density at radius 2 is 1.79 bits per heavy atom. The first kappa shape index (κ1) is 21.4. The van der Waals surface area contributed by atoms with Gasteiger partial charge in [-0.15, -0.1) is 24.5 Å². The number of carbonyl (C=O) groups is 1. The van der Waals surface area contributed by atoms with Crippen molar-refractivity contribution in [2.75, 3.05) is 46.3 Å². The number of carbonyl (C=O) groups excluding carboxylic acids is 1. The number of hydrogen-bond acceptors (Lipinski definition) is 5. The van der Waals surface area contributed by atoms with Crippen molar-refractivity contribution in [3.8, 4) is 10.6 Å². The fraction of sp³-hybridized carbons (Fsp3) is 0.391. The van der Waals surface area contributed by atoms with E-state index in [1.54, 1.807) is 28.4 Å². The molecule has 0 aliphatic carbocycles. The van der Waals surface area contributed by atoms with Gasteiger partial charge in [0.05, 0.1) is 12.1 Å². The first-order valence-electron chi connectivity index (χ1n) is 10.0. The van der Waals surface area contributed by atoms with Crippen LogP contribution in [0.1, 0.15) is 11.3 Å². The molecular formula is C23H30N4OS. The normalized spacial score (nSPS) is 15.2. The van der Waals surface area contributed by atoms with Crippen molar-refractivity contribution in [1.82, 2.24) is 19.7 Å². The molecule has 0 radical (unpaired) electrons. The van der Waals surface area contributed by atoms with Crippen LogP contribution in [0, 0.1) is 0 Å². The zero-order valence-electron chi connectivity index (χ0n) is 17.2. The quantitative estimate of drug-likeness (QED) is 0.595. The van der Waals surface area contributed by atoms with Crippen molar-refractivity contribution in [3.63, 3.8) is 0 Å². The van der Waals surface area contributed by atoms with Gasteiger partial charge in [0.25, 0.3) is 0 Å². The average molecular weight is 411 g/mol. The van der Waals surface area contributed by atoms with Crippen LogP contribution < -0.4 is 0 Å². The van der Waals surface area contributed by atoms with E-state index in [1.165, 1.54) is 5.56 Å².